The first-order valence-corrected chi connectivity index (χ1v) is 10.9. The van der Waals surface area contributed by atoms with Crippen molar-refractivity contribution in [2.75, 3.05) is 49.7 Å². The Hall–Kier alpha value is -2.99. The molecule has 0 radical (unpaired) electrons. The summed E-state index contributed by atoms with van der Waals surface area (Å²) in [4.78, 5) is 14.8. The summed E-state index contributed by atoms with van der Waals surface area (Å²) < 4.78 is 17.0. The van der Waals surface area contributed by atoms with Gasteiger partial charge in [0.1, 0.15) is 0 Å². The van der Waals surface area contributed by atoms with E-state index >= 15 is 0 Å². The van der Waals surface area contributed by atoms with Crippen LogP contribution in [0.15, 0.2) is 48.5 Å². The molecule has 2 aromatic rings. The van der Waals surface area contributed by atoms with Crippen molar-refractivity contribution in [1.82, 2.24) is 0 Å². The van der Waals surface area contributed by atoms with Gasteiger partial charge in [-0.1, -0.05) is 32.0 Å². The zero-order valence-electron chi connectivity index (χ0n) is 18.6. The van der Waals surface area contributed by atoms with Crippen molar-refractivity contribution in [1.29, 1.82) is 0 Å². The van der Waals surface area contributed by atoms with E-state index in [0.717, 1.165) is 35.8 Å². The highest BCUT2D eigenvalue weighted by Gasteiger charge is 2.15. The number of hydrogen-bond donors (Lipinski definition) is 1. The number of rotatable bonds is 9. The number of amides is 1. The number of para-hydroxylation sites is 2. The standard InChI is InChI=1S/C25H32N2O4/c1-4-30-24-17-20(9-11-23(24)31-18-19(2)3)10-12-25(28)26-21-7-5-6-8-22(21)27-13-15-29-16-14-27/h5-12,17,19H,4,13-16,18H2,1-3H3,(H,26,28). The SMILES string of the molecule is CCOc1cc(C=CC(=O)Nc2ccccc2N2CCOCC2)ccc1OCC(C)C. The number of benzene rings is 2. The Bertz CT molecular complexity index is 889. The second-order valence-electron chi connectivity index (χ2n) is 7.78. The highest BCUT2D eigenvalue weighted by Crippen LogP contribution is 2.30. The van der Waals surface area contributed by atoms with Crippen LogP contribution in [0.5, 0.6) is 11.5 Å². The molecule has 1 N–H and O–H groups in total. The minimum absolute atomic E-state index is 0.182. The van der Waals surface area contributed by atoms with Crippen molar-refractivity contribution >= 4 is 23.4 Å². The van der Waals surface area contributed by atoms with Crippen LogP contribution in [-0.2, 0) is 9.53 Å². The Morgan fingerprint density at radius 2 is 1.90 bits per heavy atom. The Morgan fingerprint density at radius 1 is 1.13 bits per heavy atom. The molecule has 6 nitrogen and oxygen atoms in total. The van der Waals surface area contributed by atoms with Crippen LogP contribution < -0.4 is 19.7 Å². The summed E-state index contributed by atoms with van der Waals surface area (Å²) in [6.07, 6.45) is 3.32. The van der Waals surface area contributed by atoms with E-state index in [1.807, 2.05) is 49.4 Å². The fourth-order valence-corrected chi connectivity index (χ4v) is 3.28. The van der Waals surface area contributed by atoms with Crippen LogP contribution in [0.2, 0.25) is 0 Å². The molecule has 31 heavy (non-hydrogen) atoms. The van der Waals surface area contributed by atoms with E-state index in [1.165, 1.54) is 6.08 Å². The summed E-state index contributed by atoms with van der Waals surface area (Å²) in [6.45, 7) is 10.3. The Morgan fingerprint density at radius 3 is 2.65 bits per heavy atom. The monoisotopic (exact) mass is 424 g/mol. The lowest BCUT2D eigenvalue weighted by atomic mass is 10.1. The van der Waals surface area contributed by atoms with Gasteiger partial charge >= 0.3 is 0 Å². The molecular weight excluding hydrogens is 392 g/mol. The van der Waals surface area contributed by atoms with Crippen LogP contribution in [0.25, 0.3) is 6.08 Å². The Kier molecular flexibility index (Phi) is 8.35. The third-order valence-corrected chi connectivity index (χ3v) is 4.78. The van der Waals surface area contributed by atoms with Crippen molar-refractivity contribution in [2.45, 2.75) is 20.8 Å². The van der Waals surface area contributed by atoms with Crippen molar-refractivity contribution in [3.8, 4) is 11.5 Å². The van der Waals surface area contributed by atoms with Crippen molar-refractivity contribution in [3.05, 3.63) is 54.1 Å². The molecule has 1 aliphatic rings. The van der Waals surface area contributed by atoms with E-state index in [2.05, 4.69) is 24.1 Å². The second kappa shape index (κ2) is 11.4. The molecule has 1 fully saturated rings. The smallest absolute Gasteiger partial charge is 0.248 e. The van der Waals surface area contributed by atoms with E-state index in [-0.39, 0.29) is 5.91 Å². The molecule has 0 aliphatic carbocycles. The van der Waals surface area contributed by atoms with Gasteiger partial charge in [-0.05, 0) is 48.7 Å². The molecule has 2 aromatic carbocycles. The van der Waals surface area contributed by atoms with E-state index in [1.54, 1.807) is 6.08 Å². The highest BCUT2D eigenvalue weighted by atomic mass is 16.5. The van der Waals surface area contributed by atoms with Crippen molar-refractivity contribution in [3.63, 3.8) is 0 Å². The number of ether oxygens (including phenoxy) is 3. The second-order valence-corrected chi connectivity index (χ2v) is 7.78. The van der Waals surface area contributed by atoms with E-state index < -0.39 is 0 Å². The van der Waals surface area contributed by atoms with Crippen LogP contribution in [0.1, 0.15) is 26.3 Å². The number of carbonyl (C=O) groups excluding carboxylic acids is 1. The van der Waals surface area contributed by atoms with E-state index in [9.17, 15) is 4.79 Å². The summed E-state index contributed by atoms with van der Waals surface area (Å²) in [5.74, 6) is 1.65. The summed E-state index contributed by atoms with van der Waals surface area (Å²) >= 11 is 0. The maximum absolute atomic E-state index is 12.6. The quantitative estimate of drug-likeness (QED) is 0.596. The minimum Gasteiger partial charge on any atom is -0.490 e. The van der Waals surface area contributed by atoms with Gasteiger partial charge in [-0.2, -0.15) is 0 Å². The zero-order chi connectivity index (χ0) is 22.1. The first kappa shape index (κ1) is 22.7. The third kappa shape index (κ3) is 6.76. The first-order chi connectivity index (χ1) is 15.1. The largest absolute Gasteiger partial charge is 0.490 e. The molecule has 0 spiro atoms. The summed E-state index contributed by atoms with van der Waals surface area (Å²) in [7, 11) is 0. The zero-order valence-corrected chi connectivity index (χ0v) is 18.6. The molecular formula is C25H32N2O4. The lowest BCUT2D eigenvalue weighted by Gasteiger charge is -2.30. The van der Waals surface area contributed by atoms with E-state index in [4.69, 9.17) is 14.2 Å². The van der Waals surface area contributed by atoms with Gasteiger partial charge in [0.2, 0.25) is 5.91 Å². The lowest BCUT2D eigenvalue weighted by molar-refractivity contribution is -0.111. The van der Waals surface area contributed by atoms with Gasteiger partial charge in [0.25, 0.3) is 0 Å². The van der Waals surface area contributed by atoms with Crippen molar-refractivity contribution in [2.24, 2.45) is 5.92 Å². The van der Waals surface area contributed by atoms with Crippen molar-refractivity contribution < 1.29 is 19.0 Å². The van der Waals surface area contributed by atoms with Gasteiger partial charge in [0.15, 0.2) is 11.5 Å². The number of hydrogen-bond acceptors (Lipinski definition) is 5. The summed E-state index contributed by atoms with van der Waals surface area (Å²) in [5, 5.41) is 3.00. The molecule has 0 atom stereocenters. The molecule has 166 valence electrons. The van der Waals surface area contributed by atoms with Crippen LogP contribution in [0, 0.1) is 5.92 Å². The topological polar surface area (TPSA) is 60.0 Å². The van der Waals surface area contributed by atoms with Crippen LogP contribution >= 0.6 is 0 Å². The molecule has 0 saturated carbocycles. The molecule has 1 amide bonds. The number of morpholine rings is 1. The van der Waals surface area contributed by atoms with Gasteiger partial charge in [-0.15, -0.1) is 0 Å². The molecule has 0 bridgehead atoms. The molecule has 1 saturated heterocycles. The minimum atomic E-state index is -0.182. The normalized spacial score (nSPS) is 14.1. The molecule has 1 aliphatic heterocycles. The molecule has 0 unspecified atom stereocenters. The number of carbonyl (C=O) groups is 1. The number of nitrogens with one attached hydrogen (secondary N) is 1. The Balaban J connectivity index is 1.68. The maximum atomic E-state index is 12.6. The third-order valence-electron chi connectivity index (χ3n) is 4.78. The Labute approximate surface area is 184 Å². The van der Waals surface area contributed by atoms with Crippen LogP contribution in [-0.4, -0.2) is 45.4 Å². The van der Waals surface area contributed by atoms with E-state index in [0.29, 0.717) is 38.1 Å². The van der Waals surface area contributed by atoms with Gasteiger partial charge in [0.05, 0.1) is 37.8 Å². The predicted molar refractivity (Wildman–Crippen MR) is 125 cm³/mol. The maximum Gasteiger partial charge on any atom is 0.248 e. The van der Waals surface area contributed by atoms with Crippen LogP contribution in [0.4, 0.5) is 11.4 Å². The van der Waals surface area contributed by atoms with Crippen LogP contribution in [0.3, 0.4) is 0 Å². The lowest BCUT2D eigenvalue weighted by Crippen LogP contribution is -2.36. The number of nitrogens with zero attached hydrogens (tertiary/aromatic N) is 1. The molecule has 1 heterocycles. The van der Waals surface area contributed by atoms with Gasteiger partial charge in [-0.25, -0.2) is 0 Å². The molecule has 3 rings (SSSR count). The van der Waals surface area contributed by atoms with Gasteiger partial charge in [-0.3, -0.25) is 4.79 Å². The average molecular weight is 425 g/mol. The molecule has 6 heteroatoms. The average Bonchev–Trinajstić information content (AvgIpc) is 2.78. The fraction of sp³-hybridized carbons (Fsp3) is 0.400. The van der Waals surface area contributed by atoms with Gasteiger partial charge < -0.3 is 24.4 Å². The highest BCUT2D eigenvalue weighted by molar-refractivity contribution is 6.03. The molecule has 0 aromatic heterocycles. The predicted octanol–water partition coefficient (Wildman–Crippen LogP) is 4.61. The number of anilines is 2. The van der Waals surface area contributed by atoms with Gasteiger partial charge in [0, 0.05) is 19.2 Å². The summed E-state index contributed by atoms with van der Waals surface area (Å²) in [6, 6.07) is 13.6. The first-order valence-electron chi connectivity index (χ1n) is 10.9. The summed E-state index contributed by atoms with van der Waals surface area (Å²) in [5.41, 5.74) is 2.68. The fourth-order valence-electron chi connectivity index (χ4n) is 3.28.